The van der Waals surface area contributed by atoms with Gasteiger partial charge < -0.3 is 0 Å². The van der Waals surface area contributed by atoms with E-state index in [2.05, 4.69) is 45.5 Å². The van der Waals surface area contributed by atoms with Crippen molar-refractivity contribution in [2.24, 2.45) is 0 Å². The molecule has 0 spiro atoms. The molecule has 17 heavy (non-hydrogen) atoms. The zero-order valence-corrected chi connectivity index (χ0v) is 11.7. The maximum atomic E-state index is 4.02. The summed E-state index contributed by atoms with van der Waals surface area (Å²) in [6, 6.07) is 6.84. The number of rotatable bonds is 7. The molecule has 0 bridgehead atoms. The van der Waals surface area contributed by atoms with Crippen molar-refractivity contribution < 1.29 is 0 Å². The predicted octanol–water partition coefficient (Wildman–Crippen LogP) is 5.40. The molecule has 0 N–H and O–H groups in total. The van der Waals surface area contributed by atoms with E-state index in [1.807, 2.05) is 0 Å². The minimum atomic E-state index is 1.13. The summed E-state index contributed by atoms with van der Waals surface area (Å²) in [6.45, 7) is 10.6. The van der Waals surface area contributed by atoms with E-state index in [9.17, 15) is 0 Å². The van der Waals surface area contributed by atoms with E-state index in [1.165, 1.54) is 48.8 Å². The molecule has 0 saturated carbocycles. The first-order valence-corrected chi connectivity index (χ1v) is 6.96. The van der Waals surface area contributed by atoms with Crippen molar-refractivity contribution in [2.75, 3.05) is 0 Å². The van der Waals surface area contributed by atoms with Crippen LogP contribution in [0.25, 0.3) is 5.57 Å². The third-order valence-electron chi connectivity index (χ3n) is 3.38. The van der Waals surface area contributed by atoms with E-state index >= 15 is 0 Å². The van der Waals surface area contributed by atoms with E-state index < -0.39 is 0 Å². The van der Waals surface area contributed by atoms with Gasteiger partial charge in [0.25, 0.3) is 0 Å². The van der Waals surface area contributed by atoms with E-state index in [-0.39, 0.29) is 0 Å². The molecule has 1 rings (SSSR count). The number of unbranched alkanes of at least 4 members (excludes halogenated alkanes) is 3. The molecule has 0 aliphatic heterocycles. The highest BCUT2D eigenvalue weighted by Crippen LogP contribution is 2.20. The van der Waals surface area contributed by atoms with Crippen LogP contribution in [-0.2, 0) is 12.8 Å². The summed E-state index contributed by atoms with van der Waals surface area (Å²) in [7, 11) is 0. The van der Waals surface area contributed by atoms with Gasteiger partial charge in [0.1, 0.15) is 0 Å². The molecule has 0 unspecified atom stereocenters. The second-order valence-electron chi connectivity index (χ2n) is 4.93. The number of aryl methyl sites for hydroxylation is 2. The molecule has 0 aromatic heterocycles. The fraction of sp³-hybridized carbons (Fsp3) is 0.529. The quantitative estimate of drug-likeness (QED) is 0.550. The van der Waals surface area contributed by atoms with Gasteiger partial charge in [0, 0.05) is 0 Å². The van der Waals surface area contributed by atoms with Gasteiger partial charge in [-0.05, 0) is 42.9 Å². The Hall–Kier alpha value is -1.04. The Kier molecular flexibility index (Phi) is 6.04. The van der Waals surface area contributed by atoms with Gasteiger partial charge in [0.15, 0.2) is 0 Å². The standard InChI is InChI=1S/C17H26/c1-5-7-8-9-10-16-11-12-17(14(3)4)13-15(16)6-2/h11-13H,3,5-10H2,1-2,4H3. The summed E-state index contributed by atoms with van der Waals surface area (Å²) in [4.78, 5) is 0. The average Bonchev–Trinajstić information content (AvgIpc) is 2.34. The van der Waals surface area contributed by atoms with Gasteiger partial charge in [-0.1, -0.05) is 63.5 Å². The zero-order chi connectivity index (χ0) is 12.7. The average molecular weight is 230 g/mol. The first kappa shape index (κ1) is 14.0. The smallest absolute Gasteiger partial charge is 0.0230 e. The Bertz CT molecular complexity index is 360. The summed E-state index contributed by atoms with van der Waals surface area (Å²) in [5.41, 5.74) is 5.49. The normalized spacial score (nSPS) is 10.5. The summed E-state index contributed by atoms with van der Waals surface area (Å²) >= 11 is 0. The SMILES string of the molecule is C=C(C)c1ccc(CCCCCC)c(CC)c1. The van der Waals surface area contributed by atoms with Crippen LogP contribution in [0.3, 0.4) is 0 Å². The largest absolute Gasteiger partial charge is 0.0955 e. The summed E-state index contributed by atoms with van der Waals surface area (Å²) in [5.74, 6) is 0. The molecule has 1 aromatic carbocycles. The molecule has 1 aromatic rings. The lowest BCUT2D eigenvalue weighted by Crippen LogP contribution is -1.95. The molecule has 0 radical (unpaired) electrons. The molecule has 0 amide bonds. The molecule has 0 heterocycles. The Morgan fingerprint density at radius 2 is 1.82 bits per heavy atom. The molecule has 0 aliphatic carbocycles. The fourth-order valence-electron chi connectivity index (χ4n) is 2.21. The maximum Gasteiger partial charge on any atom is -0.0230 e. The van der Waals surface area contributed by atoms with Crippen LogP contribution >= 0.6 is 0 Å². The summed E-state index contributed by atoms with van der Waals surface area (Å²) < 4.78 is 0. The minimum absolute atomic E-state index is 1.13. The lowest BCUT2D eigenvalue weighted by molar-refractivity contribution is 0.664. The van der Waals surface area contributed by atoms with Crippen LogP contribution in [0.4, 0.5) is 0 Å². The van der Waals surface area contributed by atoms with Crippen LogP contribution in [-0.4, -0.2) is 0 Å². The molecule has 0 atom stereocenters. The van der Waals surface area contributed by atoms with Gasteiger partial charge in [-0.2, -0.15) is 0 Å². The van der Waals surface area contributed by atoms with Crippen molar-refractivity contribution in [1.29, 1.82) is 0 Å². The number of hydrogen-bond acceptors (Lipinski definition) is 0. The molecule has 0 aliphatic rings. The van der Waals surface area contributed by atoms with E-state index in [0.29, 0.717) is 0 Å². The van der Waals surface area contributed by atoms with E-state index in [4.69, 9.17) is 0 Å². The van der Waals surface area contributed by atoms with Gasteiger partial charge in [0.2, 0.25) is 0 Å². The van der Waals surface area contributed by atoms with Crippen LogP contribution in [0.5, 0.6) is 0 Å². The number of allylic oxidation sites excluding steroid dienone is 1. The van der Waals surface area contributed by atoms with E-state index in [1.54, 1.807) is 0 Å². The minimum Gasteiger partial charge on any atom is -0.0955 e. The third-order valence-corrected chi connectivity index (χ3v) is 3.38. The van der Waals surface area contributed by atoms with Crippen molar-refractivity contribution in [3.05, 3.63) is 41.5 Å². The molecule has 0 heteroatoms. The lowest BCUT2D eigenvalue weighted by atomic mass is 9.95. The second kappa shape index (κ2) is 7.32. The van der Waals surface area contributed by atoms with E-state index in [0.717, 1.165) is 12.0 Å². The topological polar surface area (TPSA) is 0 Å². The number of benzene rings is 1. The van der Waals surface area contributed by atoms with Crippen molar-refractivity contribution in [3.8, 4) is 0 Å². The third kappa shape index (κ3) is 4.38. The molecule has 0 nitrogen and oxygen atoms in total. The second-order valence-corrected chi connectivity index (χ2v) is 4.93. The highest BCUT2D eigenvalue weighted by atomic mass is 14.1. The fourth-order valence-corrected chi connectivity index (χ4v) is 2.21. The Labute approximate surface area is 107 Å². The van der Waals surface area contributed by atoms with Gasteiger partial charge in [-0.15, -0.1) is 0 Å². The highest BCUT2D eigenvalue weighted by molar-refractivity contribution is 5.62. The van der Waals surface area contributed by atoms with Crippen molar-refractivity contribution in [2.45, 2.75) is 59.3 Å². The summed E-state index contributed by atoms with van der Waals surface area (Å²) in [5, 5.41) is 0. The highest BCUT2D eigenvalue weighted by Gasteiger charge is 2.03. The molecular weight excluding hydrogens is 204 g/mol. The summed E-state index contributed by atoms with van der Waals surface area (Å²) in [6.07, 6.45) is 7.74. The molecule has 0 saturated heterocycles. The van der Waals surface area contributed by atoms with Crippen LogP contribution in [0.1, 0.15) is 63.1 Å². The Morgan fingerprint density at radius 3 is 2.41 bits per heavy atom. The maximum absolute atomic E-state index is 4.02. The lowest BCUT2D eigenvalue weighted by Gasteiger charge is -2.10. The van der Waals surface area contributed by atoms with Gasteiger partial charge in [-0.25, -0.2) is 0 Å². The van der Waals surface area contributed by atoms with Crippen LogP contribution < -0.4 is 0 Å². The van der Waals surface area contributed by atoms with Crippen LogP contribution in [0.15, 0.2) is 24.8 Å². The Balaban J connectivity index is 2.68. The van der Waals surface area contributed by atoms with Crippen LogP contribution in [0, 0.1) is 0 Å². The van der Waals surface area contributed by atoms with Crippen molar-refractivity contribution in [1.82, 2.24) is 0 Å². The Morgan fingerprint density at radius 1 is 1.06 bits per heavy atom. The molecule has 0 fully saturated rings. The van der Waals surface area contributed by atoms with Gasteiger partial charge in [-0.3, -0.25) is 0 Å². The van der Waals surface area contributed by atoms with Gasteiger partial charge >= 0.3 is 0 Å². The van der Waals surface area contributed by atoms with Crippen molar-refractivity contribution >= 4 is 5.57 Å². The first-order chi connectivity index (χ1) is 8.19. The predicted molar refractivity (Wildman–Crippen MR) is 78.4 cm³/mol. The monoisotopic (exact) mass is 230 g/mol. The van der Waals surface area contributed by atoms with Crippen molar-refractivity contribution in [3.63, 3.8) is 0 Å². The zero-order valence-electron chi connectivity index (χ0n) is 11.7. The van der Waals surface area contributed by atoms with Crippen LogP contribution in [0.2, 0.25) is 0 Å². The first-order valence-electron chi connectivity index (χ1n) is 6.96. The number of hydrogen-bond donors (Lipinski definition) is 0. The molecule has 94 valence electrons. The molecular formula is C17H26. The van der Waals surface area contributed by atoms with Gasteiger partial charge in [0.05, 0.1) is 0 Å².